The van der Waals surface area contributed by atoms with Crippen LogP contribution in [-0.2, 0) is 6.61 Å². The maximum atomic E-state index is 9.13. The average Bonchev–Trinajstić information content (AvgIpc) is 2.27. The first kappa shape index (κ1) is 12.8. The van der Waals surface area contributed by atoms with Gasteiger partial charge >= 0.3 is 0 Å². The number of nitrogens with zero attached hydrogens (tertiary/aromatic N) is 1. The van der Waals surface area contributed by atoms with Gasteiger partial charge in [-0.15, -0.1) is 0 Å². The SMILES string of the molecule is Cc1cc(CO)ccc1N1CCSC(C)(C)C1. The number of benzene rings is 1. The van der Waals surface area contributed by atoms with Crippen molar-refractivity contribution in [2.45, 2.75) is 32.1 Å². The van der Waals surface area contributed by atoms with Crippen LogP contribution in [0.2, 0.25) is 0 Å². The topological polar surface area (TPSA) is 23.5 Å². The second-order valence-corrected chi connectivity index (χ2v) is 7.11. The summed E-state index contributed by atoms with van der Waals surface area (Å²) in [6, 6.07) is 6.26. The van der Waals surface area contributed by atoms with E-state index in [9.17, 15) is 0 Å². The Morgan fingerprint density at radius 1 is 1.41 bits per heavy atom. The number of hydrogen-bond donors (Lipinski definition) is 1. The highest BCUT2D eigenvalue weighted by Gasteiger charge is 2.27. The molecule has 0 amide bonds. The molecule has 17 heavy (non-hydrogen) atoms. The van der Waals surface area contributed by atoms with E-state index in [1.807, 2.05) is 6.07 Å². The Morgan fingerprint density at radius 2 is 2.18 bits per heavy atom. The molecule has 0 bridgehead atoms. The molecule has 1 aromatic rings. The van der Waals surface area contributed by atoms with Crippen LogP contribution >= 0.6 is 11.8 Å². The molecule has 2 nitrogen and oxygen atoms in total. The molecule has 1 heterocycles. The molecular weight excluding hydrogens is 230 g/mol. The Balaban J connectivity index is 2.22. The van der Waals surface area contributed by atoms with Gasteiger partial charge in [0, 0.05) is 29.3 Å². The second-order valence-electron chi connectivity index (χ2n) is 5.31. The van der Waals surface area contributed by atoms with Gasteiger partial charge in [-0.2, -0.15) is 11.8 Å². The van der Waals surface area contributed by atoms with E-state index in [0.29, 0.717) is 4.75 Å². The third-order valence-electron chi connectivity index (χ3n) is 3.21. The Labute approximate surface area is 108 Å². The molecule has 0 radical (unpaired) electrons. The van der Waals surface area contributed by atoms with Crippen LogP contribution in [0, 0.1) is 6.92 Å². The van der Waals surface area contributed by atoms with Crippen molar-refractivity contribution >= 4 is 17.4 Å². The first-order valence-corrected chi connectivity index (χ1v) is 7.10. The molecule has 3 heteroatoms. The second kappa shape index (κ2) is 4.91. The van der Waals surface area contributed by atoms with Gasteiger partial charge in [0.25, 0.3) is 0 Å². The zero-order valence-corrected chi connectivity index (χ0v) is 11.7. The molecule has 0 aromatic heterocycles. The van der Waals surface area contributed by atoms with Crippen LogP contribution in [0.1, 0.15) is 25.0 Å². The summed E-state index contributed by atoms with van der Waals surface area (Å²) >= 11 is 2.05. The van der Waals surface area contributed by atoms with Gasteiger partial charge in [-0.05, 0) is 38.0 Å². The van der Waals surface area contributed by atoms with E-state index < -0.39 is 0 Å². The predicted octanol–water partition coefficient (Wildman–Crippen LogP) is 2.82. The lowest BCUT2D eigenvalue weighted by molar-refractivity contribution is 0.282. The molecule has 2 rings (SSSR count). The summed E-state index contributed by atoms with van der Waals surface area (Å²) in [6.07, 6.45) is 0. The molecule has 0 atom stereocenters. The predicted molar refractivity (Wildman–Crippen MR) is 75.9 cm³/mol. The molecule has 1 aliphatic rings. The Kier molecular flexibility index (Phi) is 3.69. The smallest absolute Gasteiger partial charge is 0.0681 e. The van der Waals surface area contributed by atoms with Gasteiger partial charge in [0.15, 0.2) is 0 Å². The standard InChI is InChI=1S/C14H21NOS/c1-11-8-12(9-16)4-5-13(11)15-6-7-17-14(2,3)10-15/h4-5,8,16H,6-7,9-10H2,1-3H3. The molecule has 94 valence electrons. The first-order valence-electron chi connectivity index (χ1n) is 6.11. The quantitative estimate of drug-likeness (QED) is 0.874. The lowest BCUT2D eigenvalue weighted by Crippen LogP contribution is -2.43. The fourth-order valence-electron chi connectivity index (χ4n) is 2.39. The molecule has 0 unspecified atom stereocenters. The van der Waals surface area contributed by atoms with Gasteiger partial charge in [-0.1, -0.05) is 12.1 Å². The van der Waals surface area contributed by atoms with Crippen LogP contribution in [0.5, 0.6) is 0 Å². The zero-order chi connectivity index (χ0) is 12.5. The van der Waals surface area contributed by atoms with Gasteiger partial charge in [0.05, 0.1) is 6.61 Å². The van der Waals surface area contributed by atoms with Gasteiger partial charge in [-0.3, -0.25) is 0 Å². The van der Waals surface area contributed by atoms with E-state index in [-0.39, 0.29) is 6.61 Å². The normalized spacial score (nSPS) is 19.4. The minimum absolute atomic E-state index is 0.127. The van der Waals surface area contributed by atoms with E-state index in [1.54, 1.807) is 0 Å². The number of aryl methyl sites for hydroxylation is 1. The van der Waals surface area contributed by atoms with Crippen LogP contribution in [0.15, 0.2) is 18.2 Å². The zero-order valence-electron chi connectivity index (χ0n) is 10.9. The number of hydrogen-bond acceptors (Lipinski definition) is 3. The first-order chi connectivity index (χ1) is 8.02. The van der Waals surface area contributed by atoms with Crippen molar-refractivity contribution in [3.63, 3.8) is 0 Å². The van der Waals surface area contributed by atoms with E-state index in [4.69, 9.17) is 5.11 Å². The third-order valence-corrected chi connectivity index (χ3v) is 4.51. The highest BCUT2D eigenvalue weighted by molar-refractivity contribution is 8.00. The van der Waals surface area contributed by atoms with Gasteiger partial charge in [-0.25, -0.2) is 0 Å². The highest BCUT2D eigenvalue weighted by Crippen LogP contribution is 2.33. The van der Waals surface area contributed by atoms with Crippen LogP contribution in [0.4, 0.5) is 5.69 Å². The third kappa shape index (κ3) is 2.96. The summed E-state index contributed by atoms with van der Waals surface area (Å²) < 4.78 is 0.334. The monoisotopic (exact) mass is 251 g/mol. The summed E-state index contributed by atoms with van der Waals surface area (Å²) in [7, 11) is 0. The highest BCUT2D eigenvalue weighted by atomic mass is 32.2. The number of rotatable bonds is 2. The Bertz CT molecular complexity index is 403. The molecule has 1 aliphatic heterocycles. The van der Waals surface area contributed by atoms with Crippen molar-refractivity contribution in [2.24, 2.45) is 0 Å². The van der Waals surface area contributed by atoms with Crippen LogP contribution in [-0.4, -0.2) is 28.7 Å². The maximum absolute atomic E-state index is 9.13. The van der Waals surface area contributed by atoms with Crippen LogP contribution in [0.25, 0.3) is 0 Å². The minimum atomic E-state index is 0.127. The fourth-order valence-corrected chi connectivity index (χ4v) is 3.50. The summed E-state index contributed by atoms with van der Waals surface area (Å²) in [5, 5.41) is 9.13. The van der Waals surface area contributed by atoms with Gasteiger partial charge < -0.3 is 10.0 Å². The number of anilines is 1. The van der Waals surface area contributed by atoms with Gasteiger partial charge in [0.1, 0.15) is 0 Å². The van der Waals surface area contributed by atoms with Crippen LogP contribution < -0.4 is 4.90 Å². The average molecular weight is 251 g/mol. The largest absolute Gasteiger partial charge is 0.392 e. The summed E-state index contributed by atoms with van der Waals surface area (Å²) in [5.74, 6) is 1.19. The van der Waals surface area contributed by atoms with Gasteiger partial charge in [0.2, 0.25) is 0 Å². The summed E-state index contributed by atoms with van der Waals surface area (Å²) in [5.41, 5.74) is 3.58. The molecule has 1 aromatic carbocycles. The van der Waals surface area contributed by atoms with E-state index in [1.165, 1.54) is 17.0 Å². The minimum Gasteiger partial charge on any atom is -0.392 e. The number of thioether (sulfide) groups is 1. The molecule has 0 aliphatic carbocycles. The lowest BCUT2D eigenvalue weighted by Gasteiger charge is -2.39. The lowest BCUT2D eigenvalue weighted by atomic mass is 10.1. The molecule has 1 saturated heterocycles. The number of aliphatic hydroxyl groups excluding tert-OH is 1. The summed E-state index contributed by atoms with van der Waals surface area (Å²) in [4.78, 5) is 2.47. The van der Waals surface area contributed by atoms with Crippen molar-refractivity contribution in [3.05, 3.63) is 29.3 Å². The molecule has 1 fully saturated rings. The Hall–Kier alpha value is -0.670. The van der Waals surface area contributed by atoms with Crippen LogP contribution in [0.3, 0.4) is 0 Å². The van der Waals surface area contributed by atoms with Crippen molar-refractivity contribution in [3.8, 4) is 0 Å². The van der Waals surface area contributed by atoms with Crippen molar-refractivity contribution < 1.29 is 5.11 Å². The van der Waals surface area contributed by atoms with Crippen molar-refractivity contribution in [1.82, 2.24) is 0 Å². The van der Waals surface area contributed by atoms with E-state index >= 15 is 0 Å². The van der Waals surface area contributed by atoms with E-state index in [2.05, 4.69) is 49.6 Å². The maximum Gasteiger partial charge on any atom is 0.0681 e. The fraction of sp³-hybridized carbons (Fsp3) is 0.571. The van der Waals surface area contributed by atoms with Crippen molar-refractivity contribution in [1.29, 1.82) is 0 Å². The molecular formula is C14H21NOS. The summed E-state index contributed by atoms with van der Waals surface area (Å²) in [6.45, 7) is 9.08. The number of aliphatic hydroxyl groups is 1. The van der Waals surface area contributed by atoms with Crippen molar-refractivity contribution in [2.75, 3.05) is 23.7 Å². The molecule has 0 spiro atoms. The van der Waals surface area contributed by atoms with E-state index in [0.717, 1.165) is 18.7 Å². The molecule has 1 N–H and O–H groups in total. The Morgan fingerprint density at radius 3 is 2.76 bits per heavy atom. The molecule has 0 saturated carbocycles.